The molecule has 0 radical (unpaired) electrons. The molecule has 78 valence electrons. The van der Waals surface area contributed by atoms with E-state index in [1.165, 1.54) is 38.5 Å². The van der Waals surface area contributed by atoms with Crippen molar-refractivity contribution in [2.75, 3.05) is 0 Å². The van der Waals surface area contributed by atoms with Gasteiger partial charge in [-0.3, -0.25) is 0 Å². The molecule has 0 aromatic carbocycles. The first-order valence-electron chi connectivity index (χ1n) is 5.95. The molecule has 0 amide bonds. The Morgan fingerprint density at radius 1 is 1.29 bits per heavy atom. The second-order valence-electron chi connectivity index (χ2n) is 4.73. The van der Waals surface area contributed by atoms with Crippen LogP contribution in [0, 0.1) is 5.92 Å². The van der Waals surface area contributed by atoms with Crippen LogP contribution in [-0.4, -0.2) is 6.04 Å². The zero-order valence-corrected chi connectivity index (χ0v) is 8.91. The minimum atomic E-state index is 0.439. The molecule has 1 nitrogen and oxygen atoms in total. The van der Waals surface area contributed by atoms with Gasteiger partial charge in [-0.2, -0.15) is 0 Å². The maximum atomic E-state index is 5.98. The predicted molar refractivity (Wildman–Crippen MR) is 61.0 cm³/mol. The third-order valence-corrected chi connectivity index (χ3v) is 3.38. The molecule has 0 aliphatic heterocycles. The molecule has 0 bridgehead atoms. The zero-order chi connectivity index (χ0) is 9.80. The average molecular weight is 191 g/mol. The number of hydrogen-bond donors (Lipinski definition) is 1. The molecule has 0 aromatic rings. The molecule has 0 spiro atoms. The Balaban J connectivity index is 1.91. The van der Waals surface area contributed by atoms with Crippen LogP contribution in [0.4, 0.5) is 0 Å². The highest BCUT2D eigenvalue weighted by molar-refractivity contribution is 5.11. The second-order valence-corrected chi connectivity index (χ2v) is 4.73. The summed E-state index contributed by atoms with van der Waals surface area (Å²) < 4.78 is 0. The fraction of sp³-hybridized carbons (Fsp3) is 0.692. The van der Waals surface area contributed by atoms with Crippen LogP contribution in [0.15, 0.2) is 23.8 Å². The molecule has 0 heterocycles. The summed E-state index contributed by atoms with van der Waals surface area (Å²) in [5, 5.41) is 0. The van der Waals surface area contributed by atoms with Gasteiger partial charge in [0, 0.05) is 6.04 Å². The van der Waals surface area contributed by atoms with E-state index in [9.17, 15) is 0 Å². The van der Waals surface area contributed by atoms with Crippen LogP contribution in [0.3, 0.4) is 0 Å². The summed E-state index contributed by atoms with van der Waals surface area (Å²) in [4.78, 5) is 0. The third kappa shape index (κ3) is 2.71. The lowest BCUT2D eigenvalue weighted by Crippen LogP contribution is -2.24. The molecule has 2 atom stereocenters. The zero-order valence-electron chi connectivity index (χ0n) is 8.91. The highest BCUT2D eigenvalue weighted by atomic mass is 14.6. The molecule has 2 N–H and O–H groups in total. The first-order chi connectivity index (χ1) is 6.84. The topological polar surface area (TPSA) is 26.0 Å². The smallest absolute Gasteiger partial charge is 0.00761 e. The molecule has 1 heteroatoms. The Morgan fingerprint density at radius 3 is 2.93 bits per heavy atom. The normalized spacial score (nSPS) is 36.2. The molecule has 1 fully saturated rings. The Morgan fingerprint density at radius 2 is 2.21 bits per heavy atom. The summed E-state index contributed by atoms with van der Waals surface area (Å²) in [5.74, 6) is 0.806. The molecule has 0 saturated heterocycles. The van der Waals surface area contributed by atoms with E-state index in [1.807, 2.05) is 0 Å². The van der Waals surface area contributed by atoms with Crippen molar-refractivity contribution < 1.29 is 0 Å². The Hall–Kier alpha value is -0.560. The highest BCUT2D eigenvalue weighted by Crippen LogP contribution is 2.27. The van der Waals surface area contributed by atoms with Crippen molar-refractivity contribution in [2.24, 2.45) is 11.7 Å². The van der Waals surface area contributed by atoms with Crippen LogP contribution < -0.4 is 5.73 Å². The van der Waals surface area contributed by atoms with Crippen LogP contribution in [0.1, 0.15) is 44.9 Å². The van der Waals surface area contributed by atoms with Crippen molar-refractivity contribution in [3.63, 3.8) is 0 Å². The van der Waals surface area contributed by atoms with E-state index in [4.69, 9.17) is 5.73 Å². The van der Waals surface area contributed by atoms with E-state index in [-0.39, 0.29) is 0 Å². The summed E-state index contributed by atoms with van der Waals surface area (Å²) in [7, 11) is 0. The highest BCUT2D eigenvalue weighted by Gasteiger charge is 2.15. The molecule has 1 saturated carbocycles. The number of allylic oxidation sites excluding steroid dienone is 3. The minimum Gasteiger partial charge on any atom is -0.327 e. The van der Waals surface area contributed by atoms with Gasteiger partial charge >= 0.3 is 0 Å². The number of rotatable bonds is 1. The van der Waals surface area contributed by atoms with Gasteiger partial charge in [0.1, 0.15) is 0 Å². The van der Waals surface area contributed by atoms with E-state index >= 15 is 0 Å². The van der Waals surface area contributed by atoms with Gasteiger partial charge in [0.25, 0.3) is 0 Å². The van der Waals surface area contributed by atoms with Crippen LogP contribution in [0.2, 0.25) is 0 Å². The van der Waals surface area contributed by atoms with Gasteiger partial charge in [0.05, 0.1) is 0 Å². The first-order valence-corrected chi connectivity index (χ1v) is 5.95. The van der Waals surface area contributed by atoms with Crippen molar-refractivity contribution in [2.45, 2.75) is 51.0 Å². The Bertz CT molecular complexity index is 240. The van der Waals surface area contributed by atoms with Crippen LogP contribution in [-0.2, 0) is 0 Å². The van der Waals surface area contributed by atoms with Gasteiger partial charge in [0.2, 0.25) is 0 Å². The van der Waals surface area contributed by atoms with Crippen molar-refractivity contribution in [3.05, 3.63) is 23.8 Å². The van der Waals surface area contributed by atoms with Crippen LogP contribution >= 0.6 is 0 Å². The van der Waals surface area contributed by atoms with Gasteiger partial charge in [-0.25, -0.2) is 0 Å². The van der Waals surface area contributed by atoms with Gasteiger partial charge in [-0.05, 0) is 50.9 Å². The van der Waals surface area contributed by atoms with E-state index in [1.54, 1.807) is 5.57 Å². The van der Waals surface area contributed by atoms with Crippen molar-refractivity contribution in [1.29, 1.82) is 0 Å². The average Bonchev–Trinajstić information content (AvgIpc) is 2.19. The summed E-state index contributed by atoms with van der Waals surface area (Å²) in [6.45, 7) is 0. The SMILES string of the molecule is NC1CCC/C(=C/C2CC=CCC2)C1. The number of nitrogens with two attached hydrogens (primary N) is 1. The van der Waals surface area contributed by atoms with Crippen molar-refractivity contribution in [3.8, 4) is 0 Å². The lowest BCUT2D eigenvalue weighted by atomic mass is 9.86. The summed E-state index contributed by atoms with van der Waals surface area (Å²) >= 11 is 0. The van der Waals surface area contributed by atoms with Gasteiger partial charge < -0.3 is 5.73 Å². The van der Waals surface area contributed by atoms with Crippen molar-refractivity contribution in [1.82, 2.24) is 0 Å². The van der Waals surface area contributed by atoms with E-state index < -0.39 is 0 Å². The largest absolute Gasteiger partial charge is 0.327 e. The van der Waals surface area contributed by atoms with Crippen LogP contribution in [0.5, 0.6) is 0 Å². The number of hydrogen-bond acceptors (Lipinski definition) is 1. The molecule has 2 unspecified atom stereocenters. The molecule has 2 rings (SSSR count). The summed E-state index contributed by atoms with van der Waals surface area (Å²) in [6.07, 6.45) is 16.0. The lowest BCUT2D eigenvalue weighted by Gasteiger charge is -2.23. The van der Waals surface area contributed by atoms with E-state index in [0.717, 1.165) is 12.3 Å². The molecule has 0 aromatic heterocycles. The maximum Gasteiger partial charge on any atom is 0.00761 e. The molecular formula is C13H21N. The molecule has 2 aliphatic rings. The fourth-order valence-electron chi connectivity index (χ4n) is 2.59. The standard InChI is InChI=1S/C13H21N/c14-13-8-4-7-12(10-13)9-11-5-2-1-3-6-11/h1-2,9,11,13H,3-8,10,14H2/b12-9-. The van der Waals surface area contributed by atoms with Gasteiger partial charge in [-0.15, -0.1) is 0 Å². The quantitative estimate of drug-likeness (QED) is 0.633. The first kappa shape index (κ1) is 9.97. The van der Waals surface area contributed by atoms with E-state index in [2.05, 4.69) is 18.2 Å². The summed E-state index contributed by atoms with van der Waals surface area (Å²) in [5.41, 5.74) is 7.60. The van der Waals surface area contributed by atoms with Crippen LogP contribution in [0.25, 0.3) is 0 Å². The van der Waals surface area contributed by atoms with E-state index in [0.29, 0.717) is 6.04 Å². The summed E-state index contributed by atoms with van der Waals surface area (Å²) in [6, 6.07) is 0.439. The third-order valence-electron chi connectivity index (χ3n) is 3.38. The molecular weight excluding hydrogens is 170 g/mol. The monoisotopic (exact) mass is 191 g/mol. The predicted octanol–water partition coefficient (Wildman–Crippen LogP) is 3.17. The minimum absolute atomic E-state index is 0.439. The Kier molecular flexibility index (Phi) is 3.41. The van der Waals surface area contributed by atoms with Gasteiger partial charge in [-0.1, -0.05) is 23.8 Å². The maximum absolute atomic E-state index is 5.98. The fourth-order valence-corrected chi connectivity index (χ4v) is 2.59. The Labute approximate surface area is 87.1 Å². The van der Waals surface area contributed by atoms with Gasteiger partial charge in [0.15, 0.2) is 0 Å². The molecule has 14 heavy (non-hydrogen) atoms. The van der Waals surface area contributed by atoms with Crippen molar-refractivity contribution >= 4 is 0 Å². The molecule has 2 aliphatic carbocycles. The second kappa shape index (κ2) is 4.79. The lowest BCUT2D eigenvalue weighted by molar-refractivity contribution is 0.503.